The van der Waals surface area contributed by atoms with Crippen molar-refractivity contribution in [2.45, 2.75) is 24.6 Å². The fourth-order valence-corrected chi connectivity index (χ4v) is 2.12. The highest BCUT2D eigenvalue weighted by atomic mass is 79.9. The van der Waals surface area contributed by atoms with E-state index < -0.39 is 0 Å². The summed E-state index contributed by atoms with van der Waals surface area (Å²) in [5.74, 6) is 1.18. The summed E-state index contributed by atoms with van der Waals surface area (Å²) in [6.07, 6.45) is 3.97. The molecule has 0 aromatic carbocycles. The van der Waals surface area contributed by atoms with E-state index in [1.807, 2.05) is 0 Å². The molecule has 2 rings (SSSR count). The predicted molar refractivity (Wildman–Crippen MR) is 59.0 cm³/mol. The smallest absolute Gasteiger partial charge is 0.256 e. The average molecular weight is 273 g/mol. The maximum atomic E-state index is 11.6. The molecular formula is C10H13BrN2O2. The van der Waals surface area contributed by atoms with E-state index in [4.69, 9.17) is 4.52 Å². The van der Waals surface area contributed by atoms with E-state index in [2.05, 4.69) is 26.4 Å². The Labute approximate surface area is 96.5 Å². The van der Waals surface area contributed by atoms with Gasteiger partial charge in [-0.3, -0.25) is 4.79 Å². The zero-order valence-corrected chi connectivity index (χ0v) is 10.1. The zero-order chi connectivity index (χ0) is 10.8. The van der Waals surface area contributed by atoms with Gasteiger partial charge in [-0.15, -0.1) is 0 Å². The van der Waals surface area contributed by atoms with Gasteiger partial charge in [0, 0.05) is 11.4 Å². The van der Waals surface area contributed by atoms with Crippen molar-refractivity contribution in [3.05, 3.63) is 17.5 Å². The lowest BCUT2D eigenvalue weighted by Crippen LogP contribution is -2.30. The summed E-state index contributed by atoms with van der Waals surface area (Å²) in [5, 5.41) is 6.43. The Morgan fingerprint density at radius 1 is 1.80 bits per heavy atom. The van der Waals surface area contributed by atoms with Crippen LogP contribution in [0.4, 0.5) is 0 Å². The molecule has 0 spiro atoms. The molecule has 1 aromatic rings. The molecule has 1 aliphatic carbocycles. The Kier molecular flexibility index (Phi) is 3.09. The molecule has 1 N–H and O–H groups in total. The summed E-state index contributed by atoms with van der Waals surface area (Å²) >= 11 is 3.56. The van der Waals surface area contributed by atoms with Gasteiger partial charge in [0.1, 0.15) is 11.3 Å². The number of nitrogens with zero attached hydrogens (tertiary/aromatic N) is 1. The van der Waals surface area contributed by atoms with E-state index in [9.17, 15) is 4.79 Å². The van der Waals surface area contributed by atoms with Crippen molar-refractivity contribution in [3.63, 3.8) is 0 Å². The molecule has 5 heteroatoms. The van der Waals surface area contributed by atoms with Crippen molar-refractivity contribution in [3.8, 4) is 0 Å². The second-order valence-electron chi connectivity index (χ2n) is 3.86. The van der Waals surface area contributed by atoms with Crippen molar-refractivity contribution in [1.82, 2.24) is 10.5 Å². The summed E-state index contributed by atoms with van der Waals surface area (Å²) in [7, 11) is 0. The zero-order valence-electron chi connectivity index (χ0n) is 8.50. The molecule has 1 amide bonds. The molecule has 4 nitrogen and oxygen atoms in total. The van der Waals surface area contributed by atoms with Crippen LogP contribution in [0.3, 0.4) is 0 Å². The van der Waals surface area contributed by atoms with Crippen LogP contribution in [0.2, 0.25) is 0 Å². The van der Waals surface area contributed by atoms with Crippen LogP contribution in [-0.2, 0) is 0 Å². The molecule has 1 heterocycles. The number of carbonyl (C=O) groups excluding carboxylic acids is 1. The number of halogens is 1. The second kappa shape index (κ2) is 4.35. The number of nitrogens with one attached hydrogen (secondary N) is 1. The minimum absolute atomic E-state index is 0.112. The van der Waals surface area contributed by atoms with Crippen molar-refractivity contribution < 1.29 is 9.32 Å². The third kappa shape index (κ3) is 2.59. The van der Waals surface area contributed by atoms with E-state index in [1.165, 1.54) is 19.0 Å². The van der Waals surface area contributed by atoms with Gasteiger partial charge in [0.15, 0.2) is 0 Å². The average Bonchev–Trinajstić information content (AvgIpc) is 2.98. The summed E-state index contributed by atoms with van der Waals surface area (Å²) < 4.78 is 4.83. The Hall–Kier alpha value is -0.840. The minimum atomic E-state index is -0.112. The van der Waals surface area contributed by atoms with Crippen LogP contribution in [0.5, 0.6) is 0 Å². The van der Waals surface area contributed by atoms with E-state index in [0.717, 1.165) is 5.92 Å². The van der Waals surface area contributed by atoms with Gasteiger partial charge in [-0.1, -0.05) is 21.1 Å². The summed E-state index contributed by atoms with van der Waals surface area (Å²) in [6.45, 7) is 2.39. The fourth-order valence-electron chi connectivity index (χ4n) is 1.43. The molecule has 1 saturated carbocycles. The lowest BCUT2D eigenvalue weighted by molar-refractivity contribution is 0.0952. The van der Waals surface area contributed by atoms with Gasteiger partial charge < -0.3 is 9.84 Å². The Morgan fingerprint density at radius 2 is 2.53 bits per heavy atom. The Morgan fingerprint density at radius 3 is 3.07 bits per heavy atom. The molecule has 15 heavy (non-hydrogen) atoms. The standard InChI is InChI=1S/C10H13BrN2O2/c1-6-8(4-13-15-6)10(14)12-5-9(11)7-2-3-7/h4,7,9H,2-3,5H2,1H3,(H,12,14). The van der Waals surface area contributed by atoms with Gasteiger partial charge in [0.05, 0.1) is 6.20 Å². The third-order valence-electron chi connectivity index (χ3n) is 2.59. The number of amides is 1. The first-order chi connectivity index (χ1) is 7.18. The first kappa shape index (κ1) is 10.7. The lowest BCUT2D eigenvalue weighted by Gasteiger charge is -2.08. The quantitative estimate of drug-likeness (QED) is 0.852. The minimum Gasteiger partial charge on any atom is -0.361 e. The van der Waals surface area contributed by atoms with Crippen LogP contribution in [0, 0.1) is 12.8 Å². The predicted octanol–water partition coefficient (Wildman–Crippen LogP) is 1.89. The van der Waals surface area contributed by atoms with E-state index >= 15 is 0 Å². The van der Waals surface area contributed by atoms with Crippen LogP contribution >= 0.6 is 15.9 Å². The molecule has 1 atom stereocenters. The first-order valence-corrected chi connectivity index (χ1v) is 5.93. The van der Waals surface area contributed by atoms with Crippen molar-refractivity contribution >= 4 is 21.8 Å². The van der Waals surface area contributed by atoms with Crippen molar-refractivity contribution in [2.75, 3.05) is 6.54 Å². The van der Waals surface area contributed by atoms with E-state index in [1.54, 1.807) is 6.92 Å². The topological polar surface area (TPSA) is 55.1 Å². The molecule has 1 fully saturated rings. The van der Waals surface area contributed by atoms with E-state index in [0.29, 0.717) is 22.7 Å². The number of hydrogen-bond acceptors (Lipinski definition) is 3. The SMILES string of the molecule is Cc1oncc1C(=O)NCC(Br)C1CC1. The first-order valence-electron chi connectivity index (χ1n) is 5.02. The Balaban J connectivity index is 1.84. The molecule has 0 saturated heterocycles. The van der Waals surface area contributed by atoms with Crippen LogP contribution in [0.25, 0.3) is 0 Å². The van der Waals surface area contributed by atoms with Crippen LogP contribution < -0.4 is 5.32 Å². The Bertz CT molecular complexity index is 360. The number of carbonyl (C=O) groups is 1. The van der Waals surface area contributed by atoms with Crippen molar-refractivity contribution in [2.24, 2.45) is 5.92 Å². The number of rotatable bonds is 4. The maximum Gasteiger partial charge on any atom is 0.256 e. The monoisotopic (exact) mass is 272 g/mol. The van der Waals surface area contributed by atoms with Gasteiger partial charge in [-0.25, -0.2) is 0 Å². The van der Waals surface area contributed by atoms with Gasteiger partial charge in [-0.05, 0) is 25.7 Å². The number of hydrogen-bond donors (Lipinski definition) is 1. The maximum absolute atomic E-state index is 11.6. The molecule has 0 bridgehead atoms. The van der Waals surface area contributed by atoms with Gasteiger partial charge in [0.2, 0.25) is 0 Å². The molecular weight excluding hydrogens is 260 g/mol. The highest BCUT2D eigenvalue weighted by molar-refractivity contribution is 9.09. The highest BCUT2D eigenvalue weighted by Crippen LogP contribution is 2.36. The third-order valence-corrected chi connectivity index (χ3v) is 3.66. The molecule has 1 aliphatic rings. The summed E-state index contributed by atoms with van der Waals surface area (Å²) in [4.78, 5) is 12.0. The molecule has 0 aliphatic heterocycles. The molecule has 82 valence electrons. The highest BCUT2D eigenvalue weighted by Gasteiger charge is 2.29. The number of aryl methyl sites for hydroxylation is 1. The second-order valence-corrected chi connectivity index (χ2v) is 5.04. The van der Waals surface area contributed by atoms with Gasteiger partial charge in [0.25, 0.3) is 5.91 Å². The van der Waals surface area contributed by atoms with Gasteiger partial charge >= 0.3 is 0 Å². The lowest BCUT2D eigenvalue weighted by atomic mass is 10.2. The van der Waals surface area contributed by atoms with E-state index in [-0.39, 0.29) is 5.91 Å². The van der Waals surface area contributed by atoms with Crippen LogP contribution in [-0.4, -0.2) is 22.4 Å². The van der Waals surface area contributed by atoms with Crippen LogP contribution in [0.1, 0.15) is 29.0 Å². The summed E-state index contributed by atoms with van der Waals surface area (Å²) in [5.41, 5.74) is 0.519. The van der Waals surface area contributed by atoms with Crippen molar-refractivity contribution in [1.29, 1.82) is 0 Å². The normalized spacial score (nSPS) is 17.5. The largest absolute Gasteiger partial charge is 0.361 e. The number of aromatic nitrogens is 1. The fraction of sp³-hybridized carbons (Fsp3) is 0.600. The molecule has 0 radical (unpaired) electrons. The molecule has 1 unspecified atom stereocenters. The number of alkyl halides is 1. The molecule has 1 aromatic heterocycles. The van der Waals surface area contributed by atoms with Gasteiger partial charge in [-0.2, -0.15) is 0 Å². The van der Waals surface area contributed by atoms with Crippen LogP contribution in [0.15, 0.2) is 10.7 Å². The summed E-state index contributed by atoms with van der Waals surface area (Å²) in [6, 6.07) is 0.